The minimum absolute atomic E-state index is 0.107. The van der Waals surface area contributed by atoms with Crippen LogP contribution in [0.4, 0.5) is 20.6 Å². The van der Waals surface area contributed by atoms with E-state index in [1.54, 1.807) is 24.4 Å². The molecule has 2 aliphatic rings. The minimum atomic E-state index is -0.433. The molecule has 0 atom stereocenters. The second kappa shape index (κ2) is 6.34. The molecule has 3 N–H and O–H groups in total. The molecule has 1 spiro atoms. The van der Waals surface area contributed by atoms with Crippen LogP contribution in [0.3, 0.4) is 0 Å². The van der Waals surface area contributed by atoms with Crippen molar-refractivity contribution in [1.29, 1.82) is 0 Å². The quantitative estimate of drug-likeness (QED) is 0.785. The summed E-state index contributed by atoms with van der Waals surface area (Å²) in [5.74, 6) is -0.393. The molecule has 0 unspecified atom stereocenters. The number of pyridine rings is 1. The fourth-order valence-corrected chi connectivity index (χ4v) is 3.68. The number of aromatic nitrogens is 1. The van der Waals surface area contributed by atoms with Gasteiger partial charge in [-0.15, -0.1) is 0 Å². The number of carbonyl (C=O) groups is 1. The first-order valence-corrected chi connectivity index (χ1v) is 9.00. The second-order valence-corrected chi connectivity index (χ2v) is 7.29. The molecule has 0 bridgehead atoms. The monoisotopic (exact) mass is 376 g/mol. The van der Waals surface area contributed by atoms with Gasteiger partial charge in [-0.2, -0.15) is 0 Å². The summed E-state index contributed by atoms with van der Waals surface area (Å²) in [6, 6.07) is 6.19. The van der Waals surface area contributed by atoms with Crippen molar-refractivity contribution in [2.75, 3.05) is 17.2 Å². The van der Waals surface area contributed by atoms with E-state index in [0.717, 1.165) is 18.4 Å². The number of rotatable bonds is 4. The van der Waals surface area contributed by atoms with Crippen LogP contribution in [0.25, 0.3) is 11.6 Å². The lowest BCUT2D eigenvalue weighted by Crippen LogP contribution is -2.40. The van der Waals surface area contributed by atoms with Crippen molar-refractivity contribution in [2.24, 2.45) is 0 Å². The lowest BCUT2D eigenvalue weighted by Gasteiger charge is -2.20. The maximum atomic E-state index is 14.5. The van der Waals surface area contributed by atoms with E-state index in [0.29, 0.717) is 34.8 Å². The molecule has 1 aliphatic heterocycles. The van der Waals surface area contributed by atoms with E-state index in [-0.39, 0.29) is 11.1 Å². The number of amides is 2. The number of para-hydroxylation sites is 1. The number of carbonyl (C=O) groups excluding carboxylic acids is 1. The molecular weight excluding hydrogens is 355 g/mol. The number of urea groups is 1. The molecule has 1 aromatic heterocycles. The number of nitrogens with two attached hydrogens (primary N) is 1. The van der Waals surface area contributed by atoms with E-state index in [2.05, 4.69) is 30.0 Å². The Balaban J connectivity index is 1.53. The highest BCUT2D eigenvalue weighted by molar-refractivity contribution is 5.98. The van der Waals surface area contributed by atoms with Gasteiger partial charge < -0.3 is 11.1 Å². The van der Waals surface area contributed by atoms with Gasteiger partial charge in [0.15, 0.2) is 0 Å². The SMILES string of the molecule is C=Cc1cnc(C(=C)C(=C)NC(=O)N2CC3(CC3)c3cccc(F)c32)cc1N. The van der Waals surface area contributed by atoms with Gasteiger partial charge in [0.05, 0.1) is 11.4 Å². The van der Waals surface area contributed by atoms with Crippen LogP contribution in [0.15, 0.2) is 55.9 Å². The number of fused-ring (bicyclic) bond motifs is 2. The molecule has 6 heteroatoms. The van der Waals surface area contributed by atoms with Gasteiger partial charge in [0.25, 0.3) is 0 Å². The first-order chi connectivity index (χ1) is 13.4. The van der Waals surface area contributed by atoms with Gasteiger partial charge in [0, 0.05) is 40.7 Å². The van der Waals surface area contributed by atoms with Crippen LogP contribution >= 0.6 is 0 Å². The molecule has 2 heterocycles. The Morgan fingerprint density at radius 1 is 1.36 bits per heavy atom. The Bertz CT molecular complexity index is 1040. The van der Waals surface area contributed by atoms with Gasteiger partial charge in [0.1, 0.15) is 5.82 Å². The van der Waals surface area contributed by atoms with Crippen molar-refractivity contribution >= 4 is 29.1 Å². The molecule has 1 saturated carbocycles. The van der Waals surface area contributed by atoms with Crippen LogP contribution in [0.2, 0.25) is 0 Å². The Morgan fingerprint density at radius 2 is 2.11 bits per heavy atom. The van der Waals surface area contributed by atoms with Crippen molar-refractivity contribution in [3.63, 3.8) is 0 Å². The molecule has 1 aliphatic carbocycles. The normalized spacial score (nSPS) is 15.8. The molecule has 0 radical (unpaired) electrons. The molecule has 4 rings (SSSR count). The third kappa shape index (κ3) is 2.78. The fraction of sp³-hybridized carbons (Fsp3) is 0.182. The van der Waals surface area contributed by atoms with Gasteiger partial charge in [-0.25, -0.2) is 9.18 Å². The van der Waals surface area contributed by atoms with E-state index in [9.17, 15) is 9.18 Å². The predicted octanol–water partition coefficient (Wildman–Crippen LogP) is 4.23. The van der Waals surface area contributed by atoms with Gasteiger partial charge in [-0.05, 0) is 30.5 Å². The van der Waals surface area contributed by atoms with Crippen LogP contribution in [-0.4, -0.2) is 17.6 Å². The Kier molecular flexibility index (Phi) is 4.07. The van der Waals surface area contributed by atoms with E-state index >= 15 is 0 Å². The number of nitrogens with one attached hydrogen (secondary N) is 1. The molecule has 1 aromatic carbocycles. The van der Waals surface area contributed by atoms with E-state index < -0.39 is 11.8 Å². The fourth-order valence-electron chi connectivity index (χ4n) is 3.68. The third-order valence-electron chi connectivity index (χ3n) is 5.51. The second-order valence-electron chi connectivity index (χ2n) is 7.29. The highest BCUT2D eigenvalue weighted by Crippen LogP contribution is 2.57. The van der Waals surface area contributed by atoms with Crippen molar-refractivity contribution in [3.8, 4) is 0 Å². The van der Waals surface area contributed by atoms with Crippen molar-refractivity contribution in [1.82, 2.24) is 10.3 Å². The number of nitrogen functional groups attached to an aromatic ring is 1. The number of allylic oxidation sites excluding steroid dienone is 1. The first kappa shape index (κ1) is 18.0. The van der Waals surface area contributed by atoms with Crippen molar-refractivity contribution in [3.05, 3.63) is 78.5 Å². The summed E-state index contributed by atoms with van der Waals surface area (Å²) in [6.07, 6.45) is 5.11. The van der Waals surface area contributed by atoms with Gasteiger partial charge >= 0.3 is 6.03 Å². The number of hydrogen-bond acceptors (Lipinski definition) is 3. The summed E-state index contributed by atoms with van der Waals surface area (Å²) in [4.78, 5) is 18.6. The average molecular weight is 376 g/mol. The van der Waals surface area contributed by atoms with Crippen LogP contribution in [-0.2, 0) is 5.41 Å². The molecule has 2 amide bonds. The minimum Gasteiger partial charge on any atom is -0.398 e. The number of anilines is 2. The lowest BCUT2D eigenvalue weighted by atomic mass is 9.99. The number of benzene rings is 1. The zero-order valence-electron chi connectivity index (χ0n) is 15.5. The number of halogens is 1. The molecule has 1 fully saturated rings. The van der Waals surface area contributed by atoms with Gasteiger partial charge in [0.2, 0.25) is 0 Å². The van der Waals surface area contributed by atoms with Crippen molar-refractivity contribution in [2.45, 2.75) is 18.3 Å². The van der Waals surface area contributed by atoms with Crippen LogP contribution < -0.4 is 16.0 Å². The van der Waals surface area contributed by atoms with Crippen LogP contribution in [0, 0.1) is 5.82 Å². The van der Waals surface area contributed by atoms with Crippen LogP contribution in [0.1, 0.15) is 29.7 Å². The molecule has 5 nitrogen and oxygen atoms in total. The van der Waals surface area contributed by atoms with E-state index in [1.807, 2.05) is 6.07 Å². The average Bonchev–Trinajstić information content (AvgIpc) is 3.37. The third-order valence-corrected chi connectivity index (χ3v) is 5.51. The standard InChI is InChI=1S/C22H21FN4O/c1-4-15-11-25-19(10-18(15)24)13(2)14(3)26-21(28)27-12-22(8-9-22)16-6-5-7-17(23)20(16)27/h4-7,10-11H,1-3,8-9,12H2,(H2,24,25)(H,26,28). The summed E-state index contributed by atoms with van der Waals surface area (Å²) in [7, 11) is 0. The van der Waals surface area contributed by atoms with E-state index in [4.69, 9.17) is 5.73 Å². The van der Waals surface area contributed by atoms with Gasteiger partial charge in [-0.1, -0.05) is 37.9 Å². The molecule has 28 heavy (non-hydrogen) atoms. The van der Waals surface area contributed by atoms with E-state index in [1.165, 1.54) is 11.0 Å². The smallest absolute Gasteiger partial charge is 0.326 e. The lowest BCUT2D eigenvalue weighted by molar-refractivity contribution is 0.249. The Hall–Kier alpha value is -3.41. The Morgan fingerprint density at radius 3 is 2.75 bits per heavy atom. The summed E-state index contributed by atoms with van der Waals surface area (Å²) in [5, 5.41) is 2.73. The summed E-state index contributed by atoms with van der Waals surface area (Å²) >= 11 is 0. The highest BCUT2D eigenvalue weighted by atomic mass is 19.1. The summed E-state index contributed by atoms with van der Waals surface area (Å²) < 4.78 is 14.5. The maximum absolute atomic E-state index is 14.5. The molecule has 0 saturated heterocycles. The topological polar surface area (TPSA) is 71.2 Å². The van der Waals surface area contributed by atoms with Crippen LogP contribution in [0.5, 0.6) is 0 Å². The number of hydrogen-bond donors (Lipinski definition) is 2. The molecule has 2 aromatic rings. The zero-order valence-corrected chi connectivity index (χ0v) is 15.5. The molecular formula is C22H21FN4O. The number of nitrogens with zero attached hydrogens (tertiary/aromatic N) is 2. The predicted molar refractivity (Wildman–Crippen MR) is 110 cm³/mol. The van der Waals surface area contributed by atoms with Gasteiger partial charge in [-0.3, -0.25) is 9.88 Å². The summed E-state index contributed by atoms with van der Waals surface area (Å²) in [6.45, 7) is 12.0. The largest absolute Gasteiger partial charge is 0.398 e. The highest BCUT2D eigenvalue weighted by Gasteiger charge is 2.53. The zero-order chi connectivity index (χ0) is 20.1. The maximum Gasteiger partial charge on any atom is 0.326 e. The molecule has 142 valence electrons. The summed E-state index contributed by atoms with van der Waals surface area (Å²) in [5.41, 5.74) is 9.55. The van der Waals surface area contributed by atoms with Crippen molar-refractivity contribution < 1.29 is 9.18 Å². The first-order valence-electron chi connectivity index (χ1n) is 9.00. The Labute approximate surface area is 163 Å².